The minimum atomic E-state index is -0.273. The van der Waals surface area contributed by atoms with E-state index in [1.165, 1.54) is 0 Å². The van der Waals surface area contributed by atoms with Crippen LogP contribution in [0.3, 0.4) is 0 Å². The Bertz CT molecular complexity index is 854. The SMILES string of the molecule is CCCNC(=O)c1ccc2c(c1)Cc1c([nH]c(=S)[nH]c1=O)O2. The van der Waals surface area contributed by atoms with Crippen molar-refractivity contribution < 1.29 is 9.53 Å². The molecule has 1 amide bonds. The standard InChI is InChI=1S/C15H15N3O3S/c1-2-5-16-12(19)8-3-4-11-9(6-8)7-10-13(20)17-15(22)18-14(10)21-11/h3-4,6H,2,5,7H2,1H3,(H,16,19)(H2,17,18,20,22). The van der Waals surface area contributed by atoms with Crippen LogP contribution >= 0.6 is 12.2 Å². The molecule has 1 aliphatic heterocycles. The van der Waals surface area contributed by atoms with Crippen LogP contribution in [-0.2, 0) is 6.42 Å². The van der Waals surface area contributed by atoms with E-state index >= 15 is 0 Å². The molecule has 0 saturated carbocycles. The topological polar surface area (TPSA) is 87.0 Å². The van der Waals surface area contributed by atoms with Crippen LogP contribution in [0.1, 0.15) is 34.8 Å². The summed E-state index contributed by atoms with van der Waals surface area (Å²) < 4.78 is 5.91. The Kier molecular flexibility index (Phi) is 3.81. The molecule has 3 N–H and O–H groups in total. The van der Waals surface area contributed by atoms with E-state index in [1.807, 2.05) is 6.92 Å². The minimum Gasteiger partial charge on any atom is -0.440 e. The first-order chi connectivity index (χ1) is 10.6. The number of aromatic amines is 2. The maximum Gasteiger partial charge on any atom is 0.259 e. The second-order valence-electron chi connectivity index (χ2n) is 5.07. The Morgan fingerprint density at radius 1 is 1.41 bits per heavy atom. The summed E-state index contributed by atoms with van der Waals surface area (Å²) >= 11 is 4.94. The fourth-order valence-electron chi connectivity index (χ4n) is 2.34. The van der Waals surface area contributed by atoms with Crippen molar-refractivity contribution in [3.63, 3.8) is 0 Å². The van der Waals surface area contributed by atoms with Crippen LogP contribution in [0.15, 0.2) is 23.0 Å². The molecule has 0 radical (unpaired) electrons. The van der Waals surface area contributed by atoms with E-state index in [9.17, 15) is 9.59 Å². The van der Waals surface area contributed by atoms with Gasteiger partial charge in [0.15, 0.2) is 4.77 Å². The largest absolute Gasteiger partial charge is 0.440 e. The Balaban J connectivity index is 1.95. The number of carbonyl (C=O) groups excluding carboxylic acids is 1. The van der Waals surface area contributed by atoms with Crippen LogP contribution < -0.4 is 15.6 Å². The number of H-pyrrole nitrogens is 2. The van der Waals surface area contributed by atoms with Gasteiger partial charge in [-0.15, -0.1) is 0 Å². The summed E-state index contributed by atoms with van der Waals surface area (Å²) in [7, 11) is 0. The number of ether oxygens (including phenoxy) is 1. The van der Waals surface area contributed by atoms with Crippen LogP contribution in [0.2, 0.25) is 0 Å². The average Bonchev–Trinajstić information content (AvgIpc) is 2.50. The van der Waals surface area contributed by atoms with Gasteiger partial charge in [0.25, 0.3) is 11.5 Å². The molecule has 0 atom stereocenters. The molecule has 3 rings (SSSR count). The molecule has 0 bridgehead atoms. The zero-order chi connectivity index (χ0) is 15.7. The van der Waals surface area contributed by atoms with Crippen molar-refractivity contribution in [3.05, 3.63) is 50.0 Å². The van der Waals surface area contributed by atoms with Crippen LogP contribution in [0, 0.1) is 4.77 Å². The number of hydrogen-bond acceptors (Lipinski definition) is 4. The lowest BCUT2D eigenvalue weighted by atomic mass is 10.0. The second kappa shape index (κ2) is 5.76. The van der Waals surface area contributed by atoms with E-state index < -0.39 is 0 Å². The van der Waals surface area contributed by atoms with Crippen LogP contribution in [0.4, 0.5) is 0 Å². The Morgan fingerprint density at radius 3 is 3.00 bits per heavy atom. The van der Waals surface area contributed by atoms with Gasteiger partial charge in [-0.2, -0.15) is 0 Å². The molecule has 0 unspecified atom stereocenters. The second-order valence-corrected chi connectivity index (χ2v) is 5.48. The van der Waals surface area contributed by atoms with Gasteiger partial charge >= 0.3 is 0 Å². The molecule has 0 aliphatic carbocycles. The molecule has 1 aromatic carbocycles. The first-order valence-corrected chi connectivity index (χ1v) is 7.43. The molecule has 2 heterocycles. The van der Waals surface area contributed by atoms with Crippen LogP contribution in [0.25, 0.3) is 0 Å². The van der Waals surface area contributed by atoms with E-state index in [2.05, 4.69) is 15.3 Å². The summed E-state index contributed by atoms with van der Waals surface area (Å²) in [6.45, 7) is 2.62. The van der Waals surface area contributed by atoms with Crippen molar-refractivity contribution in [2.45, 2.75) is 19.8 Å². The first kappa shape index (κ1) is 14.5. The number of carbonyl (C=O) groups is 1. The molecule has 1 aromatic heterocycles. The maximum absolute atomic E-state index is 12.0. The molecular weight excluding hydrogens is 302 g/mol. The van der Waals surface area contributed by atoms with Gasteiger partial charge in [-0.1, -0.05) is 6.92 Å². The minimum absolute atomic E-state index is 0.128. The van der Waals surface area contributed by atoms with Gasteiger partial charge in [0, 0.05) is 24.1 Å². The van der Waals surface area contributed by atoms with Gasteiger partial charge in [0.2, 0.25) is 5.88 Å². The lowest BCUT2D eigenvalue weighted by molar-refractivity contribution is 0.0953. The number of amides is 1. The molecule has 1 aliphatic rings. The maximum atomic E-state index is 12.0. The van der Waals surface area contributed by atoms with Gasteiger partial charge in [-0.3, -0.25) is 14.6 Å². The third kappa shape index (κ3) is 2.67. The van der Waals surface area contributed by atoms with E-state index in [0.29, 0.717) is 35.7 Å². The quantitative estimate of drug-likeness (QED) is 0.647. The highest BCUT2D eigenvalue weighted by Crippen LogP contribution is 2.33. The number of fused-ring (bicyclic) bond motifs is 2. The fourth-order valence-corrected chi connectivity index (χ4v) is 2.52. The van der Waals surface area contributed by atoms with Crippen molar-refractivity contribution in [1.29, 1.82) is 0 Å². The van der Waals surface area contributed by atoms with Gasteiger partial charge in [0.05, 0.1) is 5.56 Å². The molecular formula is C15H15N3O3S. The Labute approximate surface area is 131 Å². The van der Waals surface area contributed by atoms with Crippen molar-refractivity contribution in [2.75, 3.05) is 6.54 Å². The predicted octanol–water partition coefficient (Wildman–Crippen LogP) is 2.27. The normalized spacial score (nSPS) is 12.0. The zero-order valence-electron chi connectivity index (χ0n) is 12.0. The highest BCUT2D eigenvalue weighted by molar-refractivity contribution is 7.71. The smallest absolute Gasteiger partial charge is 0.259 e. The van der Waals surface area contributed by atoms with Crippen molar-refractivity contribution >= 4 is 18.1 Å². The number of hydrogen-bond donors (Lipinski definition) is 3. The monoisotopic (exact) mass is 317 g/mol. The van der Waals surface area contributed by atoms with Gasteiger partial charge in [-0.05, 0) is 36.8 Å². The van der Waals surface area contributed by atoms with Gasteiger partial charge in [0.1, 0.15) is 5.75 Å². The number of rotatable bonds is 3. The average molecular weight is 317 g/mol. The predicted molar refractivity (Wildman–Crippen MR) is 84.2 cm³/mol. The molecule has 6 nitrogen and oxygen atoms in total. The summed E-state index contributed by atoms with van der Waals surface area (Å²) in [5, 5.41) is 2.83. The lowest BCUT2D eigenvalue weighted by Crippen LogP contribution is -2.24. The molecule has 114 valence electrons. The van der Waals surface area contributed by atoms with E-state index in [1.54, 1.807) is 18.2 Å². The molecule has 0 fully saturated rings. The summed E-state index contributed by atoms with van der Waals surface area (Å²) in [5.74, 6) is 0.858. The molecule has 0 spiro atoms. The van der Waals surface area contributed by atoms with E-state index in [4.69, 9.17) is 17.0 Å². The molecule has 22 heavy (non-hydrogen) atoms. The lowest BCUT2D eigenvalue weighted by Gasteiger charge is -2.19. The highest BCUT2D eigenvalue weighted by Gasteiger charge is 2.21. The van der Waals surface area contributed by atoms with Gasteiger partial charge < -0.3 is 15.0 Å². The van der Waals surface area contributed by atoms with Crippen LogP contribution in [-0.4, -0.2) is 22.4 Å². The third-order valence-electron chi connectivity index (χ3n) is 3.44. The molecule has 7 heteroatoms. The van der Waals surface area contributed by atoms with Crippen molar-refractivity contribution in [3.8, 4) is 11.6 Å². The summed E-state index contributed by atoms with van der Waals surface area (Å²) in [5.41, 5.74) is 1.56. The Morgan fingerprint density at radius 2 is 2.23 bits per heavy atom. The van der Waals surface area contributed by atoms with Crippen molar-refractivity contribution in [1.82, 2.24) is 15.3 Å². The fraction of sp³-hybridized carbons (Fsp3) is 0.267. The van der Waals surface area contributed by atoms with Crippen molar-refractivity contribution in [2.24, 2.45) is 0 Å². The number of aromatic nitrogens is 2. The van der Waals surface area contributed by atoms with Crippen LogP contribution in [0.5, 0.6) is 11.6 Å². The molecule has 0 saturated heterocycles. The number of benzene rings is 1. The zero-order valence-corrected chi connectivity index (χ0v) is 12.8. The first-order valence-electron chi connectivity index (χ1n) is 7.03. The summed E-state index contributed by atoms with van der Waals surface area (Å²) in [6.07, 6.45) is 1.27. The molecule has 2 aromatic rings. The van der Waals surface area contributed by atoms with Gasteiger partial charge in [-0.25, -0.2) is 0 Å². The number of nitrogens with one attached hydrogen (secondary N) is 3. The summed E-state index contributed by atoms with van der Waals surface area (Å²) in [4.78, 5) is 29.3. The Hall–Kier alpha value is -2.41. The van der Waals surface area contributed by atoms with E-state index in [0.717, 1.165) is 12.0 Å². The third-order valence-corrected chi connectivity index (χ3v) is 3.64. The van der Waals surface area contributed by atoms with E-state index in [-0.39, 0.29) is 16.2 Å². The highest BCUT2D eigenvalue weighted by atomic mass is 32.1. The summed E-state index contributed by atoms with van der Waals surface area (Å²) in [6, 6.07) is 5.19.